The predicted octanol–water partition coefficient (Wildman–Crippen LogP) is 1.03. The summed E-state index contributed by atoms with van der Waals surface area (Å²) in [5.74, 6) is -0.0748. The van der Waals surface area contributed by atoms with Crippen LogP contribution < -0.4 is 5.32 Å². The summed E-state index contributed by atoms with van der Waals surface area (Å²) in [5, 5.41) is 2.85. The van der Waals surface area contributed by atoms with Crippen LogP contribution in [0.2, 0.25) is 0 Å². The molecule has 0 bridgehead atoms. The Morgan fingerprint density at radius 3 is 3.21 bits per heavy atom. The SMILES string of the molecule is O=C1COC[C@@H](c2ccnc(Br)c2)N1. The van der Waals surface area contributed by atoms with E-state index in [4.69, 9.17) is 4.74 Å². The molecule has 1 saturated heterocycles. The van der Waals surface area contributed by atoms with E-state index in [-0.39, 0.29) is 18.6 Å². The second-order valence-electron chi connectivity index (χ2n) is 3.05. The summed E-state index contributed by atoms with van der Waals surface area (Å²) in [6.45, 7) is 0.672. The topological polar surface area (TPSA) is 51.2 Å². The average Bonchev–Trinajstić information content (AvgIpc) is 2.18. The maximum absolute atomic E-state index is 11.1. The van der Waals surface area contributed by atoms with E-state index in [1.165, 1.54) is 0 Å². The first kappa shape index (κ1) is 9.61. The number of amides is 1. The molecule has 2 rings (SSSR count). The predicted molar refractivity (Wildman–Crippen MR) is 53.6 cm³/mol. The van der Waals surface area contributed by atoms with Gasteiger partial charge in [0.25, 0.3) is 0 Å². The van der Waals surface area contributed by atoms with Crippen molar-refractivity contribution in [2.45, 2.75) is 6.04 Å². The Morgan fingerprint density at radius 2 is 2.50 bits per heavy atom. The van der Waals surface area contributed by atoms with Gasteiger partial charge in [-0.25, -0.2) is 4.98 Å². The lowest BCUT2D eigenvalue weighted by atomic mass is 10.1. The summed E-state index contributed by atoms with van der Waals surface area (Å²) >= 11 is 3.28. The Kier molecular flexibility index (Phi) is 2.79. The van der Waals surface area contributed by atoms with Crippen molar-refractivity contribution in [1.29, 1.82) is 0 Å². The molecule has 0 saturated carbocycles. The smallest absolute Gasteiger partial charge is 0.246 e. The third kappa shape index (κ3) is 2.10. The van der Waals surface area contributed by atoms with Gasteiger partial charge in [-0.1, -0.05) is 0 Å². The number of nitrogens with one attached hydrogen (secondary N) is 1. The summed E-state index contributed by atoms with van der Waals surface area (Å²) in [6, 6.07) is 3.68. The molecule has 2 heterocycles. The van der Waals surface area contributed by atoms with Gasteiger partial charge in [-0.3, -0.25) is 4.79 Å². The van der Waals surface area contributed by atoms with Gasteiger partial charge in [-0.15, -0.1) is 0 Å². The van der Waals surface area contributed by atoms with Crippen molar-refractivity contribution in [3.8, 4) is 0 Å². The van der Waals surface area contributed by atoms with Crippen LogP contribution >= 0.6 is 15.9 Å². The van der Waals surface area contributed by atoms with E-state index >= 15 is 0 Å². The van der Waals surface area contributed by atoms with Crippen molar-refractivity contribution in [2.24, 2.45) is 0 Å². The van der Waals surface area contributed by atoms with Crippen LogP contribution in [0, 0.1) is 0 Å². The Labute approximate surface area is 89.8 Å². The second kappa shape index (κ2) is 4.06. The number of nitrogens with zero attached hydrogens (tertiary/aromatic N) is 1. The van der Waals surface area contributed by atoms with Crippen molar-refractivity contribution in [1.82, 2.24) is 10.3 Å². The molecular formula is C9H9BrN2O2. The molecule has 0 spiro atoms. The van der Waals surface area contributed by atoms with Gasteiger partial charge in [0.2, 0.25) is 5.91 Å². The average molecular weight is 257 g/mol. The van der Waals surface area contributed by atoms with E-state index in [0.717, 1.165) is 10.2 Å². The van der Waals surface area contributed by atoms with E-state index in [2.05, 4.69) is 26.2 Å². The number of morpholine rings is 1. The molecule has 1 atom stereocenters. The molecule has 1 fully saturated rings. The number of rotatable bonds is 1. The van der Waals surface area contributed by atoms with Crippen LogP contribution in [0.25, 0.3) is 0 Å². The van der Waals surface area contributed by atoms with Crippen molar-refractivity contribution in [3.63, 3.8) is 0 Å². The zero-order valence-corrected chi connectivity index (χ0v) is 8.95. The Bertz CT molecular complexity index is 356. The fourth-order valence-electron chi connectivity index (χ4n) is 1.36. The van der Waals surface area contributed by atoms with Crippen LogP contribution in [0.15, 0.2) is 22.9 Å². The van der Waals surface area contributed by atoms with E-state index in [0.29, 0.717) is 6.61 Å². The number of hydrogen-bond donors (Lipinski definition) is 1. The van der Waals surface area contributed by atoms with Crippen LogP contribution in [0.3, 0.4) is 0 Å². The molecule has 0 aliphatic carbocycles. The highest BCUT2D eigenvalue weighted by atomic mass is 79.9. The molecule has 5 heteroatoms. The molecule has 0 aromatic carbocycles. The van der Waals surface area contributed by atoms with E-state index in [1.807, 2.05) is 12.1 Å². The fourth-order valence-corrected chi connectivity index (χ4v) is 1.74. The molecule has 4 nitrogen and oxygen atoms in total. The lowest BCUT2D eigenvalue weighted by molar-refractivity contribution is -0.131. The van der Waals surface area contributed by atoms with Crippen LogP contribution in [0.4, 0.5) is 0 Å². The molecule has 1 amide bonds. The standard InChI is InChI=1S/C9H9BrN2O2/c10-8-3-6(1-2-11-8)7-4-14-5-9(13)12-7/h1-3,7H,4-5H2,(H,12,13)/t7-/m0/s1. The molecule has 1 N–H and O–H groups in total. The van der Waals surface area contributed by atoms with Crippen molar-refractivity contribution in [3.05, 3.63) is 28.5 Å². The molecule has 0 unspecified atom stereocenters. The highest BCUT2D eigenvalue weighted by Crippen LogP contribution is 2.18. The Hall–Kier alpha value is -0.940. The first-order valence-electron chi connectivity index (χ1n) is 4.24. The number of aromatic nitrogens is 1. The quantitative estimate of drug-likeness (QED) is 0.764. The summed E-state index contributed by atoms with van der Waals surface area (Å²) in [7, 11) is 0. The zero-order valence-electron chi connectivity index (χ0n) is 7.37. The molecule has 1 aliphatic rings. The van der Waals surface area contributed by atoms with Gasteiger partial charge < -0.3 is 10.1 Å². The molecule has 1 aromatic rings. The van der Waals surface area contributed by atoms with Crippen LogP contribution in [0.5, 0.6) is 0 Å². The number of carbonyl (C=O) groups is 1. The third-order valence-corrected chi connectivity index (χ3v) is 2.44. The Balaban J connectivity index is 2.17. The van der Waals surface area contributed by atoms with Gasteiger partial charge in [-0.05, 0) is 33.6 Å². The number of pyridine rings is 1. The summed E-state index contributed by atoms with van der Waals surface area (Å²) in [5.41, 5.74) is 1.000. The zero-order chi connectivity index (χ0) is 9.97. The van der Waals surface area contributed by atoms with Crippen LogP contribution in [0.1, 0.15) is 11.6 Å². The fraction of sp³-hybridized carbons (Fsp3) is 0.333. The van der Waals surface area contributed by atoms with E-state index < -0.39 is 0 Å². The lowest BCUT2D eigenvalue weighted by Crippen LogP contribution is -2.39. The van der Waals surface area contributed by atoms with E-state index in [1.54, 1.807) is 6.20 Å². The van der Waals surface area contributed by atoms with Gasteiger partial charge >= 0.3 is 0 Å². The van der Waals surface area contributed by atoms with Crippen LogP contribution in [-0.4, -0.2) is 24.1 Å². The van der Waals surface area contributed by atoms with Crippen molar-refractivity contribution < 1.29 is 9.53 Å². The number of carbonyl (C=O) groups excluding carboxylic acids is 1. The van der Waals surface area contributed by atoms with Gasteiger partial charge in [0.15, 0.2) is 0 Å². The highest BCUT2D eigenvalue weighted by Gasteiger charge is 2.20. The summed E-state index contributed by atoms with van der Waals surface area (Å²) in [4.78, 5) is 15.1. The van der Waals surface area contributed by atoms with Gasteiger partial charge in [0, 0.05) is 6.20 Å². The maximum Gasteiger partial charge on any atom is 0.246 e. The minimum atomic E-state index is -0.0748. The van der Waals surface area contributed by atoms with Crippen molar-refractivity contribution in [2.75, 3.05) is 13.2 Å². The monoisotopic (exact) mass is 256 g/mol. The first-order valence-corrected chi connectivity index (χ1v) is 5.03. The first-order chi connectivity index (χ1) is 6.75. The van der Waals surface area contributed by atoms with Crippen molar-refractivity contribution >= 4 is 21.8 Å². The largest absolute Gasteiger partial charge is 0.369 e. The third-order valence-electron chi connectivity index (χ3n) is 2.01. The molecule has 1 aliphatic heterocycles. The molecule has 0 radical (unpaired) electrons. The minimum absolute atomic E-state index is 0.0597. The number of ether oxygens (including phenoxy) is 1. The van der Waals surface area contributed by atoms with Crippen LogP contribution in [-0.2, 0) is 9.53 Å². The second-order valence-corrected chi connectivity index (χ2v) is 3.86. The Morgan fingerprint density at radius 1 is 1.64 bits per heavy atom. The molecule has 1 aromatic heterocycles. The highest BCUT2D eigenvalue weighted by molar-refractivity contribution is 9.10. The van der Waals surface area contributed by atoms with Gasteiger partial charge in [0.05, 0.1) is 12.6 Å². The summed E-state index contributed by atoms with van der Waals surface area (Å²) in [6.07, 6.45) is 1.69. The molecular weight excluding hydrogens is 248 g/mol. The lowest BCUT2D eigenvalue weighted by Gasteiger charge is -2.23. The van der Waals surface area contributed by atoms with Gasteiger partial charge in [-0.2, -0.15) is 0 Å². The summed E-state index contributed by atoms with van der Waals surface area (Å²) < 4.78 is 5.90. The number of hydrogen-bond acceptors (Lipinski definition) is 3. The maximum atomic E-state index is 11.1. The van der Waals surface area contributed by atoms with E-state index in [9.17, 15) is 4.79 Å². The molecule has 14 heavy (non-hydrogen) atoms. The number of halogens is 1. The van der Waals surface area contributed by atoms with Gasteiger partial charge in [0.1, 0.15) is 11.2 Å². The molecule has 74 valence electrons. The normalized spacial score (nSPS) is 21.8. The minimum Gasteiger partial charge on any atom is -0.369 e.